The van der Waals surface area contributed by atoms with Crippen LogP contribution >= 0.6 is 0 Å². The van der Waals surface area contributed by atoms with E-state index in [4.69, 9.17) is 5.73 Å². The fourth-order valence-corrected chi connectivity index (χ4v) is 2.20. The first-order chi connectivity index (χ1) is 8.89. The lowest BCUT2D eigenvalue weighted by Gasteiger charge is -2.33. The smallest absolute Gasteiger partial charge is 0.383 e. The van der Waals surface area contributed by atoms with Crippen LogP contribution in [0.4, 0.5) is 19.0 Å². The first kappa shape index (κ1) is 13.6. The van der Waals surface area contributed by atoms with Crippen LogP contribution in [-0.2, 0) is 0 Å². The predicted molar refractivity (Wildman–Crippen MR) is 63.3 cm³/mol. The molecule has 0 bridgehead atoms. The Hall–Kier alpha value is -1.79. The van der Waals surface area contributed by atoms with Gasteiger partial charge in [0, 0.05) is 19.3 Å². The van der Waals surface area contributed by atoms with Gasteiger partial charge in [0.05, 0.1) is 11.5 Å². The molecule has 0 aliphatic carbocycles. The lowest BCUT2D eigenvalue weighted by atomic mass is 9.97. The highest BCUT2D eigenvalue weighted by Gasteiger charge is 2.42. The van der Waals surface area contributed by atoms with E-state index in [1.807, 2.05) is 0 Å². The molecule has 19 heavy (non-hydrogen) atoms. The number of carbonyl (C=O) groups is 1. The van der Waals surface area contributed by atoms with E-state index < -0.39 is 18.0 Å². The summed E-state index contributed by atoms with van der Waals surface area (Å²) in [5.74, 6) is -1.90. The molecule has 1 amide bonds. The normalized spacial score (nSPS) is 20.4. The Morgan fingerprint density at radius 1 is 1.47 bits per heavy atom. The molecule has 1 aliphatic rings. The number of nitrogen functional groups attached to an aromatic ring is 1. The third-order valence-electron chi connectivity index (χ3n) is 3.24. The third-order valence-corrected chi connectivity index (χ3v) is 3.24. The van der Waals surface area contributed by atoms with E-state index in [2.05, 4.69) is 4.98 Å². The minimum absolute atomic E-state index is 0.0432. The number of rotatable bonds is 1. The number of aromatic nitrogens is 1. The maximum absolute atomic E-state index is 12.7. The van der Waals surface area contributed by atoms with Gasteiger partial charge in [-0.2, -0.15) is 13.2 Å². The fourth-order valence-electron chi connectivity index (χ4n) is 2.20. The Morgan fingerprint density at radius 2 is 2.21 bits per heavy atom. The number of hydrogen-bond acceptors (Lipinski definition) is 3. The lowest BCUT2D eigenvalue weighted by molar-refractivity contribution is -0.184. The van der Waals surface area contributed by atoms with Gasteiger partial charge in [0.2, 0.25) is 0 Å². The number of alkyl halides is 3. The molecule has 1 atom stereocenters. The monoisotopic (exact) mass is 273 g/mol. The summed E-state index contributed by atoms with van der Waals surface area (Å²) >= 11 is 0. The molecule has 7 heteroatoms. The lowest BCUT2D eigenvalue weighted by Crippen LogP contribution is -2.44. The summed E-state index contributed by atoms with van der Waals surface area (Å²) in [5.41, 5.74) is 5.73. The summed E-state index contributed by atoms with van der Waals surface area (Å²) in [5, 5.41) is 0. The van der Waals surface area contributed by atoms with Crippen molar-refractivity contribution in [2.75, 3.05) is 18.8 Å². The summed E-state index contributed by atoms with van der Waals surface area (Å²) in [7, 11) is 0. The van der Waals surface area contributed by atoms with Crippen molar-refractivity contribution in [2.45, 2.75) is 19.0 Å². The van der Waals surface area contributed by atoms with Crippen molar-refractivity contribution in [1.82, 2.24) is 9.88 Å². The van der Waals surface area contributed by atoms with Gasteiger partial charge < -0.3 is 10.6 Å². The van der Waals surface area contributed by atoms with Crippen LogP contribution in [0.2, 0.25) is 0 Å². The van der Waals surface area contributed by atoms with E-state index in [0.29, 0.717) is 13.0 Å². The molecule has 1 fully saturated rings. The van der Waals surface area contributed by atoms with Crippen LogP contribution in [0.1, 0.15) is 23.2 Å². The standard InChI is InChI=1S/C12H14F3N3O/c13-12(14,15)8-3-2-6-18(7-8)11(19)9-4-1-5-17-10(9)16/h1,4-5,8H,2-3,6-7H2,(H2,16,17). The molecular formula is C12H14F3N3O. The number of halogens is 3. The first-order valence-electron chi connectivity index (χ1n) is 5.96. The van der Waals surface area contributed by atoms with Gasteiger partial charge in [-0.05, 0) is 25.0 Å². The second-order valence-electron chi connectivity index (χ2n) is 4.57. The highest BCUT2D eigenvalue weighted by Crippen LogP contribution is 2.33. The molecule has 2 N–H and O–H groups in total. The van der Waals surface area contributed by atoms with Crippen molar-refractivity contribution in [3.63, 3.8) is 0 Å². The number of nitrogens with zero attached hydrogens (tertiary/aromatic N) is 2. The van der Waals surface area contributed by atoms with Gasteiger partial charge in [-0.3, -0.25) is 4.79 Å². The number of likely N-dealkylation sites (tertiary alicyclic amines) is 1. The van der Waals surface area contributed by atoms with Crippen molar-refractivity contribution < 1.29 is 18.0 Å². The van der Waals surface area contributed by atoms with Crippen molar-refractivity contribution in [3.05, 3.63) is 23.9 Å². The molecule has 0 radical (unpaired) electrons. The van der Waals surface area contributed by atoms with Gasteiger partial charge in [-0.1, -0.05) is 0 Å². The Balaban J connectivity index is 2.14. The van der Waals surface area contributed by atoms with Gasteiger partial charge in [-0.25, -0.2) is 4.98 Å². The van der Waals surface area contributed by atoms with E-state index in [-0.39, 0.29) is 24.3 Å². The molecule has 1 aromatic heterocycles. The Kier molecular flexibility index (Phi) is 3.64. The van der Waals surface area contributed by atoms with Crippen LogP contribution in [0.5, 0.6) is 0 Å². The van der Waals surface area contributed by atoms with Gasteiger partial charge in [-0.15, -0.1) is 0 Å². The second-order valence-corrected chi connectivity index (χ2v) is 4.57. The van der Waals surface area contributed by atoms with E-state index in [1.165, 1.54) is 23.2 Å². The quantitative estimate of drug-likeness (QED) is 0.852. The van der Waals surface area contributed by atoms with Crippen molar-refractivity contribution >= 4 is 11.7 Å². The molecule has 1 saturated heterocycles. The topological polar surface area (TPSA) is 59.2 Å². The summed E-state index contributed by atoms with van der Waals surface area (Å²) < 4.78 is 38.1. The zero-order valence-corrected chi connectivity index (χ0v) is 10.2. The van der Waals surface area contributed by atoms with E-state index in [1.54, 1.807) is 0 Å². The van der Waals surface area contributed by atoms with Crippen LogP contribution in [0.15, 0.2) is 18.3 Å². The van der Waals surface area contributed by atoms with E-state index in [0.717, 1.165) is 0 Å². The van der Waals surface area contributed by atoms with Crippen molar-refractivity contribution in [1.29, 1.82) is 0 Å². The van der Waals surface area contributed by atoms with Gasteiger partial charge in [0.25, 0.3) is 5.91 Å². The highest BCUT2D eigenvalue weighted by molar-refractivity contribution is 5.98. The largest absolute Gasteiger partial charge is 0.393 e. The molecule has 2 rings (SSSR count). The Labute approximate surface area is 108 Å². The number of piperidine rings is 1. The molecular weight excluding hydrogens is 259 g/mol. The maximum Gasteiger partial charge on any atom is 0.393 e. The zero-order chi connectivity index (χ0) is 14.0. The Morgan fingerprint density at radius 3 is 2.84 bits per heavy atom. The van der Waals surface area contributed by atoms with Crippen LogP contribution in [0.25, 0.3) is 0 Å². The number of anilines is 1. The van der Waals surface area contributed by atoms with Crippen LogP contribution in [-0.4, -0.2) is 35.1 Å². The van der Waals surface area contributed by atoms with Crippen molar-refractivity contribution in [2.24, 2.45) is 5.92 Å². The van der Waals surface area contributed by atoms with Crippen LogP contribution < -0.4 is 5.73 Å². The molecule has 0 saturated carbocycles. The molecule has 0 spiro atoms. The zero-order valence-electron chi connectivity index (χ0n) is 10.2. The molecule has 4 nitrogen and oxygen atoms in total. The third kappa shape index (κ3) is 2.97. The summed E-state index contributed by atoms with van der Waals surface area (Å²) in [6, 6.07) is 3.01. The van der Waals surface area contributed by atoms with Gasteiger partial charge in [0.1, 0.15) is 5.82 Å². The summed E-state index contributed by atoms with van der Waals surface area (Å²) in [4.78, 5) is 17.1. The molecule has 2 heterocycles. The van der Waals surface area contributed by atoms with Crippen molar-refractivity contribution in [3.8, 4) is 0 Å². The first-order valence-corrected chi connectivity index (χ1v) is 5.96. The SMILES string of the molecule is Nc1ncccc1C(=O)N1CCCC(C(F)(F)F)C1. The second kappa shape index (κ2) is 5.07. The van der Waals surface area contributed by atoms with Crippen LogP contribution in [0, 0.1) is 5.92 Å². The molecule has 1 aliphatic heterocycles. The average molecular weight is 273 g/mol. The minimum atomic E-state index is -4.26. The number of carbonyl (C=O) groups excluding carboxylic acids is 1. The summed E-state index contributed by atoms with van der Waals surface area (Å²) in [6.45, 7) is 0.0103. The highest BCUT2D eigenvalue weighted by atomic mass is 19.4. The average Bonchev–Trinajstić information content (AvgIpc) is 2.38. The molecule has 104 valence electrons. The van der Waals surface area contributed by atoms with E-state index >= 15 is 0 Å². The number of hydrogen-bond donors (Lipinski definition) is 1. The van der Waals surface area contributed by atoms with Crippen LogP contribution in [0.3, 0.4) is 0 Å². The fraction of sp³-hybridized carbons (Fsp3) is 0.500. The molecule has 0 aromatic carbocycles. The minimum Gasteiger partial charge on any atom is -0.383 e. The summed E-state index contributed by atoms with van der Waals surface area (Å²) in [6.07, 6.45) is -2.42. The Bertz CT molecular complexity index is 476. The van der Waals surface area contributed by atoms with E-state index in [9.17, 15) is 18.0 Å². The maximum atomic E-state index is 12.7. The van der Waals surface area contributed by atoms with Gasteiger partial charge >= 0.3 is 6.18 Å². The van der Waals surface area contributed by atoms with Gasteiger partial charge in [0.15, 0.2) is 0 Å². The number of pyridine rings is 1. The number of amides is 1. The predicted octanol–water partition coefficient (Wildman–Crippen LogP) is 2.08. The molecule has 1 unspecified atom stereocenters. The number of nitrogens with two attached hydrogens (primary N) is 1. The molecule has 1 aromatic rings.